The molecule has 1 aliphatic rings. The van der Waals surface area contributed by atoms with E-state index in [0.29, 0.717) is 50.8 Å². The second kappa shape index (κ2) is 9.92. The molecule has 1 fully saturated rings. The fourth-order valence-corrected chi connectivity index (χ4v) is 4.77. The van der Waals surface area contributed by atoms with Crippen LogP contribution in [0.4, 0.5) is 11.4 Å². The van der Waals surface area contributed by atoms with Crippen molar-refractivity contribution >= 4 is 33.4 Å². The van der Waals surface area contributed by atoms with Gasteiger partial charge < -0.3 is 19.4 Å². The van der Waals surface area contributed by atoms with Crippen molar-refractivity contribution in [3.63, 3.8) is 0 Å². The van der Waals surface area contributed by atoms with Crippen molar-refractivity contribution in [1.29, 1.82) is 0 Å². The smallest absolute Gasteiger partial charge is 0.248 e. The third kappa shape index (κ3) is 5.10. The zero-order valence-electron chi connectivity index (χ0n) is 17.2. The first-order valence-corrected chi connectivity index (χ1v) is 11.4. The molecule has 1 aliphatic heterocycles. The molecule has 0 saturated carbocycles. The van der Waals surface area contributed by atoms with Crippen molar-refractivity contribution in [3.8, 4) is 0 Å². The number of nitrogens with one attached hydrogen (secondary N) is 1. The lowest BCUT2D eigenvalue weighted by Crippen LogP contribution is -2.37. The van der Waals surface area contributed by atoms with E-state index in [-0.39, 0.29) is 10.8 Å². The summed E-state index contributed by atoms with van der Waals surface area (Å²) in [6.07, 6.45) is 4.43. The van der Waals surface area contributed by atoms with Crippen LogP contribution in [0.1, 0.15) is 19.6 Å². The van der Waals surface area contributed by atoms with Gasteiger partial charge in [0.05, 0.1) is 35.7 Å². The first kappa shape index (κ1) is 22.1. The third-order valence-corrected chi connectivity index (χ3v) is 6.91. The highest BCUT2D eigenvalue weighted by Crippen LogP contribution is 2.31. The molecule has 8 nitrogen and oxygen atoms in total. The Morgan fingerprint density at radius 3 is 2.57 bits per heavy atom. The molecule has 0 bridgehead atoms. The summed E-state index contributed by atoms with van der Waals surface area (Å²) in [7, 11) is -3.65. The highest BCUT2D eigenvalue weighted by atomic mass is 32.2. The first-order valence-electron chi connectivity index (χ1n) is 9.95. The van der Waals surface area contributed by atoms with Crippen LogP contribution in [0.5, 0.6) is 0 Å². The van der Waals surface area contributed by atoms with Gasteiger partial charge in [0.1, 0.15) is 5.76 Å². The summed E-state index contributed by atoms with van der Waals surface area (Å²) in [6, 6.07) is 8.33. The Bertz CT molecular complexity index is 976. The number of nitrogens with zero attached hydrogens (tertiary/aromatic N) is 2. The maximum Gasteiger partial charge on any atom is 0.248 e. The summed E-state index contributed by atoms with van der Waals surface area (Å²) in [5.74, 6) is 0.176. The number of amides is 1. The van der Waals surface area contributed by atoms with Crippen LogP contribution in [0.25, 0.3) is 6.08 Å². The fraction of sp³-hybridized carbons (Fsp3) is 0.381. The van der Waals surface area contributed by atoms with E-state index in [4.69, 9.17) is 9.15 Å². The van der Waals surface area contributed by atoms with Crippen LogP contribution < -0.4 is 10.2 Å². The summed E-state index contributed by atoms with van der Waals surface area (Å²) in [5.41, 5.74) is 1.20. The van der Waals surface area contributed by atoms with Gasteiger partial charge in [-0.2, -0.15) is 4.31 Å². The molecule has 162 valence electrons. The molecule has 1 N–H and O–H groups in total. The molecular formula is C21H27N3O5S. The highest BCUT2D eigenvalue weighted by Gasteiger charge is 2.24. The number of carbonyl (C=O) groups excluding carboxylic acids is 1. The average molecular weight is 434 g/mol. The predicted octanol–water partition coefficient (Wildman–Crippen LogP) is 2.80. The van der Waals surface area contributed by atoms with E-state index < -0.39 is 10.0 Å². The van der Waals surface area contributed by atoms with Gasteiger partial charge in [-0.05, 0) is 36.4 Å². The topological polar surface area (TPSA) is 92.1 Å². The number of ether oxygens (including phenoxy) is 1. The standard InChI is InChI=1S/C21H27N3O5S/c1-3-24(4-2)30(26,27)18-8-9-20(23-11-14-28-15-12-23)19(16-18)22-21(25)10-7-17-6-5-13-29-17/h5-10,13,16H,3-4,11-12,14-15H2,1-2H3,(H,22,25). The van der Waals surface area contributed by atoms with Gasteiger partial charge >= 0.3 is 0 Å². The number of furan rings is 1. The zero-order valence-corrected chi connectivity index (χ0v) is 18.0. The molecule has 2 aromatic rings. The Balaban J connectivity index is 1.92. The van der Waals surface area contributed by atoms with Gasteiger partial charge in [-0.15, -0.1) is 0 Å². The molecule has 1 aromatic heterocycles. The Hall–Kier alpha value is -2.62. The summed E-state index contributed by atoms with van der Waals surface area (Å²) >= 11 is 0. The molecule has 0 aliphatic carbocycles. The Labute approximate surface area is 177 Å². The summed E-state index contributed by atoms with van der Waals surface area (Å²) in [5, 5.41) is 2.82. The lowest BCUT2D eigenvalue weighted by atomic mass is 10.2. The Morgan fingerprint density at radius 1 is 1.20 bits per heavy atom. The number of sulfonamides is 1. The number of benzene rings is 1. The van der Waals surface area contributed by atoms with Crippen LogP contribution in [0.2, 0.25) is 0 Å². The molecule has 0 unspecified atom stereocenters. The molecular weight excluding hydrogens is 406 g/mol. The quantitative estimate of drug-likeness (QED) is 0.644. The van der Waals surface area contributed by atoms with Crippen LogP contribution in [0.15, 0.2) is 52.0 Å². The normalized spacial score (nSPS) is 15.1. The molecule has 0 spiro atoms. The molecule has 0 atom stereocenters. The van der Waals surface area contributed by atoms with Gasteiger partial charge in [0.25, 0.3) is 0 Å². The van der Waals surface area contributed by atoms with Crippen molar-refractivity contribution < 1.29 is 22.4 Å². The largest absolute Gasteiger partial charge is 0.465 e. The van der Waals surface area contributed by atoms with Crippen LogP contribution >= 0.6 is 0 Å². The minimum atomic E-state index is -3.65. The van der Waals surface area contributed by atoms with Gasteiger partial charge in [-0.1, -0.05) is 13.8 Å². The maximum absolute atomic E-state index is 13.0. The highest BCUT2D eigenvalue weighted by molar-refractivity contribution is 7.89. The van der Waals surface area contributed by atoms with E-state index in [2.05, 4.69) is 10.2 Å². The number of morpholine rings is 1. The predicted molar refractivity (Wildman–Crippen MR) is 116 cm³/mol. The molecule has 3 rings (SSSR count). The Morgan fingerprint density at radius 2 is 1.93 bits per heavy atom. The van der Waals surface area contributed by atoms with E-state index >= 15 is 0 Å². The Kier molecular flexibility index (Phi) is 7.30. The van der Waals surface area contributed by atoms with E-state index in [1.54, 1.807) is 44.2 Å². The number of carbonyl (C=O) groups is 1. The van der Waals surface area contributed by atoms with Gasteiger partial charge in [0.15, 0.2) is 0 Å². The summed E-state index contributed by atoms with van der Waals surface area (Å²) < 4.78 is 37.9. The zero-order chi connectivity index (χ0) is 21.6. The lowest BCUT2D eigenvalue weighted by molar-refractivity contribution is -0.111. The second-order valence-electron chi connectivity index (χ2n) is 6.71. The van der Waals surface area contributed by atoms with Crippen LogP contribution in [-0.4, -0.2) is 58.0 Å². The van der Waals surface area contributed by atoms with Crippen LogP contribution in [0, 0.1) is 0 Å². The van der Waals surface area contributed by atoms with Gasteiger partial charge in [-0.3, -0.25) is 4.79 Å². The van der Waals surface area contributed by atoms with Crippen molar-refractivity contribution in [1.82, 2.24) is 4.31 Å². The van der Waals surface area contributed by atoms with Gasteiger partial charge in [0, 0.05) is 32.3 Å². The molecule has 2 heterocycles. The van der Waals surface area contributed by atoms with Crippen molar-refractivity contribution in [2.24, 2.45) is 0 Å². The summed E-state index contributed by atoms with van der Waals surface area (Å²) in [6.45, 7) is 6.81. The number of hydrogen-bond acceptors (Lipinski definition) is 6. The van der Waals surface area contributed by atoms with E-state index in [1.807, 2.05) is 0 Å². The molecule has 0 radical (unpaired) electrons. The number of rotatable bonds is 8. The van der Waals surface area contributed by atoms with Gasteiger partial charge in [-0.25, -0.2) is 8.42 Å². The number of anilines is 2. The van der Waals surface area contributed by atoms with Gasteiger partial charge in [0.2, 0.25) is 15.9 Å². The molecule has 1 saturated heterocycles. The van der Waals surface area contributed by atoms with Crippen molar-refractivity contribution in [2.45, 2.75) is 18.7 Å². The minimum Gasteiger partial charge on any atom is -0.465 e. The van der Waals surface area contributed by atoms with Crippen LogP contribution in [-0.2, 0) is 19.6 Å². The third-order valence-electron chi connectivity index (χ3n) is 4.86. The molecule has 1 aromatic carbocycles. The monoisotopic (exact) mass is 433 g/mol. The van der Waals surface area contributed by atoms with E-state index in [9.17, 15) is 13.2 Å². The molecule has 1 amide bonds. The maximum atomic E-state index is 13.0. The molecule has 30 heavy (non-hydrogen) atoms. The number of hydrogen-bond donors (Lipinski definition) is 1. The average Bonchev–Trinajstić information content (AvgIpc) is 3.27. The minimum absolute atomic E-state index is 0.147. The van der Waals surface area contributed by atoms with Crippen molar-refractivity contribution in [2.75, 3.05) is 49.6 Å². The summed E-state index contributed by atoms with van der Waals surface area (Å²) in [4.78, 5) is 14.7. The first-order chi connectivity index (χ1) is 14.5. The van der Waals surface area contributed by atoms with Crippen LogP contribution in [0.3, 0.4) is 0 Å². The van der Waals surface area contributed by atoms with Crippen molar-refractivity contribution in [3.05, 3.63) is 48.4 Å². The molecule has 9 heteroatoms. The fourth-order valence-electron chi connectivity index (χ4n) is 3.29. The van der Waals surface area contributed by atoms with E-state index in [1.165, 1.54) is 22.7 Å². The van der Waals surface area contributed by atoms with E-state index in [0.717, 1.165) is 5.69 Å². The second-order valence-corrected chi connectivity index (χ2v) is 8.64. The SMILES string of the molecule is CCN(CC)S(=O)(=O)c1ccc(N2CCOCC2)c(NC(=O)C=Cc2ccco2)c1. The lowest BCUT2D eigenvalue weighted by Gasteiger charge is -2.31.